The summed E-state index contributed by atoms with van der Waals surface area (Å²) in [5, 5.41) is 13.8. The Hall–Kier alpha value is -3.03. The molecule has 0 bridgehead atoms. The van der Waals surface area contributed by atoms with Crippen LogP contribution in [-0.4, -0.2) is 18.0 Å². The highest BCUT2D eigenvalue weighted by atomic mass is 19.1. The summed E-state index contributed by atoms with van der Waals surface area (Å²) in [7, 11) is 1.17. The van der Waals surface area contributed by atoms with E-state index in [-0.39, 0.29) is 29.0 Å². The van der Waals surface area contributed by atoms with E-state index in [1.165, 1.54) is 19.2 Å². The maximum absolute atomic E-state index is 13.1. The number of esters is 1. The lowest BCUT2D eigenvalue weighted by Gasteiger charge is -2.09. The fraction of sp³-hybridized carbons (Fsp3) is 0.133. The number of rotatable bonds is 5. The normalized spacial score (nSPS) is 10.2. The van der Waals surface area contributed by atoms with Crippen LogP contribution in [0.1, 0.15) is 15.9 Å². The van der Waals surface area contributed by atoms with Crippen molar-refractivity contribution in [2.75, 3.05) is 12.4 Å². The third-order valence-electron chi connectivity index (χ3n) is 3.02. The summed E-state index contributed by atoms with van der Waals surface area (Å²) in [5.41, 5.74) is 0.0903. The topological polar surface area (TPSA) is 81.5 Å². The van der Waals surface area contributed by atoms with Crippen molar-refractivity contribution in [1.29, 1.82) is 0 Å². The van der Waals surface area contributed by atoms with Crippen LogP contribution in [-0.2, 0) is 11.3 Å². The second-order valence-electron chi connectivity index (χ2n) is 4.61. The standard InChI is InChI=1S/C15H12F2N2O4/c1-23-15(20)10-2-3-13(14(6-10)19(21)22)18-8-9-4-11(16)7-12(17)5-9/h2-7,18H,8H2,1H3. The van der Waals surface area contributed by atoms with Gasteiger partial charge in [-0.3, -0.25) is 10.1 Å². The van der Waals surface area contributed by atoms with Crippen molar-refractivity contribution in [1.82, 2.24) is 0 Å². The minimum absolute atomic E-state index is 0.0207. The van der Waals surface area contributed by atoms with Crippen LogP contribution in [0.2, 0.25) is 0 Å². The number of nitrogens with one attached hydrogen (secondary N) is 1. The predicted molar refractivity (Wildman–Crippen MR) is 78.1 cm³/mol. The van der Waals surface area contributed by atoms with Crippen molar-refractivity contribution in [3.8, 4) is 0 Å². The SMILES string of the molecule is COC(=O)c1ccc(NCc2cc(F)cc(F)c2)c([N+](=O)[O-])c1. The molecule has 120 valence electrons. The fourth-order valence-corrected chi connectivity index (χ4v) is 1.99. The lowest BCUT2D eigenvalue weighted by atomic mass is 10.1. The zero-order chi connectivity index (χ0) is 17.0. The molecule has 2 rings (SSSR count). The Morgan fingerprint density at radius 1 is 1.22 bits per heavy atom. The lowest BCUT2D eigenvalue weighted by Crippen LogP contribution is -2.06. The Balaban J connectivity index is 2.25. The van der Waals surface area contributed by atoms with Gasteiger partial charge in [0.25, 0.3) is 5.69 Å². The highest BCUT2D eigenvalue weighted by Gasteiger charge is 2.18. The summed E-state index contributed by atoms with van der Waals surface area (Å²) >= 11 is 0. The van der Waals surface area contributed by atoms with E-state index in [1.54, 1.807) is 0 Å². The Labute approximate surface area is 129 Å². The van der Waals surface area contributed by atoms with Crippen LogP contribution in [0.5, 0.6) is 0 Å². The van der Waals surface area contributed by atoms with Crippen molar-refractivity contribution in [3.63, 3.8) is 0 Å². The van der Waals surface area contributed by atoms with E-state index in [0.29, 0.717) is 0 Å². The number of nitro groups is 1. The Bertz CT molecular complexity index is 745. The minimum Gasteiger partial charge on any atom is -0.465 e. The summed E-state index contributed by atoms with van der Waals surface area (Å²) in [6.45, 7) is -0.0207. The molecule has 0 aliphatic carbocycles. The molecular formula is C15H12F2N2O4. The molecule has 0 aliphatic rings. The minimum atomic E-state index is -0.739. The first-order valence-corrected chi connectivity index (χ1v) is 6.46. The molecule has 0 spiro atoms. The van der Waals surface area contributed by atoms with Crippen LogP contribution in [0, 0.1) is 21.7 Å². The van der Waals surface area contributed by atoms with Crippen molar-refractivity contribution >= 4 is 17.3 Å². The molecule has 0 heterocycles. The molecule has 0 saturated heterocycles. The van der Waals surface area contributed by atoms with Gasteiger partial charge in [0.05, 0.1) is 17.6 Å². The average molecular weight is 322 g/mol. The van der Waals surface area contributed by atoms with E-state index < -0.39 is 22.5 Å². The second kappa shape index (κ2) is 6.82. The van der Waals surface area contributed by atoms with Crippen molar-refractivity contribution in [2.45, 2.75) is 6.54 Å². The molecule has 0 amide bonds. The quantitative estimate of drug-likeness (QED) is 0.519. The molecule has 0 fully saturated rings. The average Bonchev–Trinajstić information content (AvgIpc) is 2.51. The van der Waals surface area contributed by atoms with Crippen LogP contribution in [0.4, 0.5) is 20.2 Å². The van der Waals surface area contributed by atoms with Crippen LogP contribution >= 0.6 is 0 Å². The molecule has 0 aliphatic heterocycles. The first-order chi connectivity index (χ1) is 10.9. The summed E-state index contributed by atoms with van der Waals surface area (Å²) < 4.78 is 30.7. The number of carbonyl (C=O) groups is 1. The number of methoxy groups -OCH3 is 1. The monoisotopic (exact) mass is 322 g/mol. The summed E-state index contributed by atoms with van der Waals surface area (Å²) in [6.07, 6.45) is 0. The predicted octanol–water partition coefficient (Wildman–Crippen LogP) is 3.27. The van der Waals surface area contributed by atoms with Crippen LogP contribution in [0.3, 0.4) is 0 Å². The third kappa shape index (κ3) is 4.00. The Morgan fingerprint density at radius 3 is 2.43 bits per heavy atom. The molecule has 2 aromatic carbocycles. The van der Waals surface area contributed by atoms with Gasteiger partial charge in [-0.1, -0.05) is 0 Å². The summed E-state index contributed by atoms with van der Waals surface area (Å²) in [5.74, 6) is -2.18. The number of carbonyl (C=O) groups excluding carboxylic acids is 1. The molecule has 23 heavy (non-hydrogen) atoms. The van der Waals surface area contributed by atoms with E-state index in [4.69, 9.17) is 0 Å². The molecule has 1 N–H and O–H groups in total. The molecule has 0 unspecified atom stereocenters. The van der Waals surface area contributed by atoms with Gasteiger partial charge < -0.3 is 10.1 Å². The zero-order valence-electron chi connectivity index (χ0n) is 12.0. The van der Waals surface area contributed by atoms with E-state index in [1.807, 2.05) is 0 Å². The van der Waals surface area contributed by atoms with Gasteiger partial charge >= 0.3 is 5.97 Å². The van der Waals surface area contributed by atoms with Crippen molar-refractivity contribution < 1.29 is 23.2 Å². The molecule has 0 saturated carbocycles. The molecule has 6 nitrogen and oxygen atoms in total. The first-order valence-electron chi connectivity index (χ1n) is 6.46. The van der Waals surface area contributed by atoms with Gasteiger partial charge in [0, 0.05) is 18.7 Å². The number of nitrogens with zero attached hydrogens (tertiary/aromatic N) is 1. The number of anilines is 1. The number of halogens is 2. The van der Waals surface area contributed by atoms with Gasteiger partial charge in [-0.2, -0.15) is 0 Å². The molecule has 0 atom stereocenters. The van der Waals surface area contributed by atoms with Gasteiger partial charge in [-0.05, 0) is 29.8 Å². The Kier molecular flexibility index (Phi) is 4.85. The number of hydrogen-bond donors (Lipinski definition) is 1. The smallest absolute Gasteiger partial charge is 0.338 e. The largest absolute Gasteiger partial charge is 0.465 e. The van der Waals surface area contributed by atoms with E-state index in [2.05, 4.69) is 10.1 Å². The van der Waals surface area contributed by atoms with E-state index in [9.17, 15) is 23.7 Å². The number of benzene rings is 2. The number of ether oxygens (including phenoxy) is 1. The van der Waals surface area contributed by atoms with E-state index in [0.717, 1.165) is 24.3 Å². The van der Waals surface area contributed by atoms with Crippen LogP contribution < -0.4 is 5.32 Å². The third-order valence-corrected chi connectivity index (χ3v) is 3.02. The maximum Gasteiger partial charge on any atom is 0.338 e. The number of hydrogen-bond acceptors (Lipinski definition) is 5. The molecule has 8 heteroatoms. The first kappa shape index (κ1) is 16.3. The van der Waals surface area contributed by atoms with Crippen LogP contribution in [0.25, 0.3) is 0 Å². The molecule has 2 aromatic rings. The second-order valence-corrected chi connectivity index (χ2v) is 4.61. The van der Waals surface area contributed by atoms with Crippen LogP contribution in [0.15, 0.2) is 36.4 Å². The highest BCUT2D eigenvalue weighted by Crippen LogP contribution is 2.26. The molecule has 0 aromatic heterocycles. The molecular weight excluding hydrogens is 310 g/mol. The Morgan fingerprint density at radius 2 is 1.87 bits per heavy atom. The van der Waals surface area contributed by atoms with E-state index >= 15 is 0 Å². The zero-order valence-corrected chi connectivity index (χ0v) is 12.0. The van der Waals surface area contributed by atoms with Crippen molar-refractivity contribution in [2.24, 2.45) is 0 Å². The summed E-state index contributed by atoms with van der Waals surface area (Å²) in [6, 6.07) is 6.72. The fourth-order valence-electron chi connectivity index (χ4n) is 1.99. The van der Waals surface area contributed by atoms with Crippen molar-refractivity contribution in [3.05, 3.63) is 69.3 Å². The summed E-state index contributed by atoms with van der Waals surface area (Å²) in [4.78, 5) is 21.8. The maximum atomic E-state index is 13.1. The van der Waals surface area contributed by atoms with Gasteiger partial charge in [0.1, 0.15) is 17.3 Å². The molecule has 0 radical (unpaired) electrons. The number of nitro benzene ring substituents is 1. The lowest BCUT2D eigenvalue weighted by molar-refractivity contribution is -0.384. The van der Waals surface area contributed by atoms with Gasteiger partial charge in [-0.25, -0.2) is 13.6 Å². The highest BCUT2D eigenvalue weighted by molar-refractivity contribution is 5.91. The van der Waals surface area contributed by atoms with Gasteiger partial charge in [-0.15, -0.1) is 0 Å². The van der Waals surface area contributed by atoms with Gasteiger partial charge in [0.2, 0.25) is 0 Å². The van der Waals surface area contributed by atoms with Gasteiger partial charge in [0.15, 0.2) is 0 Å².